The first kappa shape index (κ1) is 23.2. The van der Waals surface area contributed by atoms with Crippen LogP contribution in [0.3, 0.4) is 0 Å². The smallest absolute Gasteiger partial charge is 0.228 e. The zero-order valence-electron chi connectivity index (χ0n) is 21.1. The summed E-state index contributed by atoms with van der Waals surface area (Å²) in [7, 11) is 0. The van der Waals surface area contributed by atoms with Crippen LogP contribution in [0.2, 0.25) is 0 Å². The van der Waals surface area contributed by atoms with E-state index in [0.717, 1.165) is 77.6 Å². The second-order valence-corrected chi connectivity index (χ2v) is 9.31. The Hall–Kier alpha value is -4.17. The molecule has 0 aliphatic carbocycles. The van der Waals surface area contributed by atoms with Crippen LogP contribution in [0.25, 0.3) is 33.5 Å². The Morgan fingerprint density at radius 3 is 2.35 bits per heavy atom. The van der Waals surface area contributed by atoms with Gasteiger partial charge in [0.25, 0.3) is 0 Å². The van der Waals surface area contributed by atoms with Crippen LogP contribution in [-0.4, -0.2) is 69.9 Å². The molecule has 0 spiro atoms. The summed E-state index contributed by atoms with van der Waals surface area (Å²) in [6.45, 7) is 10.0. The van der Waals surface area contributed by atoms with E-state index in [-0.39, 0.29) is 5.78 Å². The summed E-state index contributed by atoms with van der Waals surface area (Å²) in [6, 6.07) is 19.5. The van der Waals surface area contributed by atoms with Gasteiger partial charge >= 0.3 is 0 Å². The highest BCUT2D eigenvalue weighted by Crippen LogP contribution is 2.26. The van der Waals surface area contributed by atoms with Gasteiger partial charge in [0.05, 0.1) is 28.7 Å². The van der Waals surface area contributed by atoms with E-state index < -0.39 is 0 Å². The third-order valence-electron chi connectivity index (χ3n) is 7.05. The molecule has 8 heteroatoms. The maximum atomic E-state index is 13.3. The minimum absolute atomic E-state index is 0.145. The van der Waals surface area contributed by atoms with Crippen molar-refractivity contribution >= 4 is 33.5 Å². The summed E-state index contributed by atoms with van der Waals surface area (Å²) < 4.78 is 5.53. The third-order valence-corrected chi connectivity index (χ3v) is 7.05. The molecule has 2 aromatic heterocycles. The van der Waals surface area contributed by atoms with Gasteiger partial charge in [0.2, 0.25) is 5.78 Å². The highest BCUT2D eigenvalue weighted by atomic mass is 16.5. The van der Waals surface area contributed by atoms with Crippen molar-refractivity contribution in [3.05, 3.63) is 72.1 Å². The van der Waals surface area contributed by atoms with Crippen LogP contribution < -0.4 is 9.64 Å². The number of hydrogen-bond acceptors (Lipinski definition) is 6. The maximum Gasteiger partial charge on any atom is 0.228 e. The summed E-state index contributed by atoms with van der Waals surface area (Å²) in [5.41, 5.74) is 5.95. The van der Waals surface area contributed by atoms with Crippen LogP contribution in [0, 0.1) is 0 Å². The summed E-state index contributed by atoms with van der Waals surface area (Å²) in [5.74, 6) is 1.77. The Kier molecular flexibility index (Phi) is 6.10. The van der Waals surface area contributed by atoms with Crippen LogP contribution in [0.1, 0.15) is 30.0 Å². The summed E-state index contributed by atoms with van der Waals surface area (Å²) in [5, 5.41) is 0. The van der Waals surface area contributed by atoms with Gasteiger partial charge in [-0.15, -0.1) is 0 Å². The number of anilines is 1. The second-order valence-electron chi connectivity index (χ2n) is 9.31. The molecule has 0 saturated carbocycles. The lowest BCUT2D eigenvalue weighted by Crippen LogP contribution is -2.46. The topological polar surface area (TPSA) is 90.1 Å². The molecule has 0 bridgehead atoms. The van der Waals surface area contributed by atoms with Gasteiger partial charge < -0.3 is 24.5 Å². The van der Waals surface area contributed by atoms with Gasteiger partial charge in [-0.25, -0.2) is 9.97 Å². The third kappa shape index (κ3) is 4.56. The van der Waals surface area contributed by atoms with Crippen molar-refractivity contribution in [2.24, 2.45) is 0 Å². The first-order chi connectivity index (χ1) is 18.1. The molecule has 0 atom stereocenters. The fourth-order valence-electron chi connectivity index (χ4n) is 4.92. The van der Waals surface area contributed by atoms with Gasteiger partial charge in [0.1, 0.15) is 11.6 Å². The van der Waals surface area contributed by atoms with Crippen molar-refractivity contribution in [3.63, 3.8) is 0 Å². The molecule has 2 N–H and O–H groups in total. The number of benzene rings is 3. The Balaban J connectivity index is 1.23. The number of carbonyl (C=O) groups is 1. The van der Waals surface area contributed by atoms with E-state index in [9.17, 15) is 4.79 Å². The second kappa shape index (κ2) is 9.71. The number of imidazole rings is 2. The number of aromatic amines is 2. The molecule has 37 heavy (non-hydrogen) atoms. The number of fused-ring (bicyclic) bond motifs is 2. The molecular formula is C29H30N6O2. The molecule has 1 saturated heterocycles. The largest absolute Gasteiger partial charge is 0.494 e. The van der Waals surface area contributed by atoms with Gasteiger partial charge in [-0.2, -0.15) is 0 Å². The quantitative estimate of drug-likeness (QED) is 0.314. The highest BCUT2D eigenvalue weighted by molar-refractivity contribution is 6.09. The predicted octanol–water partition coefficient (Wildman–Crippen LogP) is 4.88. The van der Waals surface area contributed by atoms with Crippen LogP contribution >= 0.6 is 0 Å². The number of nitrogens with one attached hydrogen (secondary N) is 2. The number of nitrogens with zero attached hydrogens (tertiary/aromatic N) is 4. The van der Waals surface area contributed by atoms with Gasteiger partial charge in [-0.1, -0.05) is 6.92 Å². The molecule has 6 rings (SSSR count). The molecule has 0 amide bonds. The van der Waals surface area contributed by atoms with Gasteiger partial charge in [-0.3, -0.25) is 4.79 Å². The van der Waals surface area contributed by atoms with E-state index in [2.05, 4.69) is 43.8 Å². The number of piperazine rings is 1. The van der Waals surface area contributed by atoms with E-state index in [4.69, 9.17) is 9.72 Å². The lowest BCUT2D eigenvalue weighted by atomic mass is 10.1. The van der Waals surface area contributed by atoms with Crippen molar-refractivity contribution in [1.29, 1.82) is 0 Å². The van der Waals surface area contributed by atoms with Crippen LogP contribution in [0.4, 0.5) is 5.69 Å². The number of hydrogen-bond donors (Lipinski definition) is 2. The molecule has 1 aliphatic heterocycles. The molecule has 0 unspecified atom stereocenters. The minimum atomic E-state index is -0.145. The monoisotopic (exact) mass is 494 g/mol. The van der Waals surface area contributed by atoms with E-state index in [0.29, 0.717) is 18.0 Å². The first-order valence-electron chi connectivity index (χ1n) is 12.9. The number of aromatic nitrogens is 4. The Bertz CT molecular complexity index is 1560. The molecule has 1 fully saturated rings. The number of ether oxygens (including phenoxy) is 1. The molecule has 5 aromatic rings. The minimum Gasteiger partial charge on any atom is -0.494 e. The molecule has 3 aromatic carbocycles. The normalized spacial score (nSPS) is 14.5. The number of ketones is 1. The molecule has 188 valence electrons. The van der Waals surface area contributed by atoms with Crippen LogP contribution in [0.5, 0.6) is 5.75 Å². The molecule has 3 heterocycles. The van der Waals surface area contributed by atoms with Crippen molar-refractivity contribution < 1.29 is 9.53 Å². The van der Waals surface area contributed by atoms with Gasteiger partial charge in [0, 0.05) is 43.0 Å². The Morgan fingerprint density at radius 2 is 1.59 bits per heavy atom. The number of carbonyl (C=O) groups excluding carboxylic acids is 1. The zero-order chi connectivity index (χ0) is 25.4. The van der Waals surface area contributed by atoms with Crippen LogP contribution in [-0.2, 0) is 0 Å². The van der Waals surface area contributed by atoms with Crippen molar-refractivity contribution in [2.45, 2.75) is 13.8 Å². The Labute approximate surface area is 215 Å². The van der Waals surface area contributed by atoms with Crippen LogP contribution in [0.15, 0.2) is 60.7 Å². The van der Waals surface area contributed by atoms with E-state index in [1.807, 2.05) is 49.4 Å². The predicted molar refractivity (Wildman–Crippen MR) is 147 cm³/mol. The number of rotatable bonds is 7. The summed E-state index contributed by atoms with van der Waals surface area (Å²) in [4.78, 5) is 34.1. The number of likely N-dealkylation sites (N-methyl/N-ethyl adjacent to an activating group) is 1. The summed E-state index contributed by atoms with van der Waals surface area (Å²) >= 11 is 0. The Morgan fingerprint density at radius 1 is 0.865 bits per heavy atom. The molecule has 0 radical (unpaired) electrons. The van der Waals surface area contributed by atoms with Crippen molar-refractivity contribution in [1.82, 2.24) is 24.8 Å². The summed E-state index contributed by atoms with van der Waals surface area (Å²) in [6.07, 6.45) is 0. The van der Waals surface area contributed by atoms with E-state index >= 15 is 0 Å². The van der Waals surface area contributed by atoms with E-state index in [1.54, 1.807) is 6.07 Å². The van der Waals surface area contributed by atoms with E-state index in [1.165, 1.54) is 0 Å². The first-order valence-corrected chi connectivity index (χ1v) is 12.9. The van der Waals surface area contributed by atoms with Gasteiger partial charge in [0.15, 0.2) is 5.82 Å². The molecular weight excluding hydrogens is 464 g/mol. The molecule has 1 aliphatic rings. The standard InChI is InChI=1S/C29H30N6O2/c1-3-34-13-15-35(16-14-34)21-8-12-24-26(18-21)33-29(31-24)27(36)20-7-11-23-25(17-20)32-28(30-23)19-5-9-22(10-6-19)37-4-2/h5-12,17-18H,3-4,13-16H2,1-2H3,(H,30,32)(H,31,33). The zero-order valence-corrected chi connectivity index (χ0v) is 21.1. The average molecular weight is 495 g/mol. The highest BCUT2D eigenvalue weighted by Gasteiger charge is 2.19. The number of H-pyrrole nitrogens is 2. The lowest BCUT2D eigenvalue weighted by Gasteiger charge is -2.35. The molecule has 8 nitrogen and oxygen atoms in total. The van der Waals surface area contributed by atoms with Crippen molar-refractivity contribution in [2.75, 3.05) is 44.2 Å². The maximum absolute atomic E-state index is 13.3. The van der Waals surface area contributed by atoms with Gasteiger partial charge in [-0.05, 0) is 74.1 Å². The fourth-order valence-corrected chi connectivity index (χ4v) is 4.92. The lowest BCUT2D eigenvalue weighted by molar-refractivity contribution is 0.103. The average Bonchev–Trinajstić information content (AvgIpc) is 3.57. The van der Waals surface area contributed by atoms with Crippen molar-refractivity contribution in [3.8, 4) is 17.1 Å². The SMILES string of the molecule is CCOc1ccc(-c2nc3ccc(C(=O)c4nc5ccc(N6CCN(CC)CC6)cc5[nH]4)cc3[nH]2)cc1. The fraction of sp³-hybridized carbons (Fsp3) is 0.276.